The third-order valence-electron chi connectivity index (χ3n) is 2.63. The van der Waals surface area contributed by atoms with Crippen molar-refractivity contribution in [1.82, 2.24) is 4.90 Å². The van der Waals surface area contributed by atoms with Crippen LogP contribution in [0.1, 0.15) is 13.3 Å². The van der Waals surface area contributed by atoms with Gasteiger partial charge in [-0.1, -0.05) is 0 Å². The lowest BCUT2D eigenvalue weighted by Crippen LogP contribution is -2.51. The summed E-state index contributed by atoms with van der Waals surface area (Å²) in [5.41, 5.74) is 5.47. The predicted molar refractivity (Wildman–Crippen MR) is 51.4 cm³/mol. The van der Waals surface area contributed by atoms with E-state index in [0.717, 1.165) is 0 Å². The fourth-order valence-electron chi connectivity index (χ4n) is 1.69. The molecule has 5 nitrogen and oxygen atoms in total. The minimum absolute atomic E-state index is 0.0934. The smallest absolute Gasteiger partial charge is 0.239 e. The first kappa shape index (κ1) is 11.4. The average Bonchev–Trinajstić information content (AvgIpc) is 2.17. The molecule has 0 aromatic heterocycles. The third-order valence-corrected chi connectivity index (χ3v) is 2.63. The maximum atomic E-state index is 11.5. The lowest BCUT2D eigenvalue weighted by Gasteiger charge is -2.36. The quantitative estimate of drug-likeness (QED) is 0.510. The van der Waals surface area contributed by atoms with E-state index in [9.17, 15) is 9.90 Å². The summed E-state index contributed by atoms with van der Waals surface area (Å²) < 4.78 is 0. The van der Waals surface area contributed by atoms with Crippen LogP contribution in [0.4, 0.5) is 0 Å². The molecule has 0 saturated carbocycles. The molecule has 1 rings (SSSR count). The van der Waals surface area contributed by atoms with E-state index < -0.39 is 12.1 Å². The molecule has 0 bridgehead atoms. The van der Waals surface area contributed by atoms with Gasteiger partial charge in [-0.25, -0.2) is 0 Å². The molecule has 0 spiro atoms. The van der Waals surface area contributed by atoms with Gasteiger partial charge in [0.2, 0.25) is 5.91 Å². The molecule has 1 fully saturated rings. The Morgan fingerprint density at radius 3 is 2.86 bits per heavy atom. The number of carbonyl (C=O) groups is 1. The van der Waals surface area contributed by atoms with E-state index in [2.05, 4.69) is 0 Å². The van der Waals surface area contributed by atoms with Gasteiger partial charge >= 0.3 is 0 Å². The van der Waals surface area contributed by atoms with Crippen LogP contribution in [-0.4, -0.2) is 52.9 Å². The molecule has 0 aromatic rings. The van der Waals surface area contributed by atoms with Crippen LogP contribution in [-0.2, 0) is 4.79 Å². The van der Waals surface area contributed by atoms with Gasteiger partial charge in [0.15, 0.2) is 0 Å². The summed E-state index contributed by atoms with van der Waals surface area (Å²) in [5, 5.41) is 18.4. The van der Waals surface area contributed by atoms with Gasteiger partial charge in [-0.3, -0.25) is 4.79 Å². The minimum atomic E-state index is -0.510. The Labute approximate surface area is 83.5 Å². The van der Waals surface area contributed by atoms with Gasteiger partial charge in [0.25, 0.3) is 0 Å². The lowest BCUT2D eigenvalue weighted by molar-refractivity contribution is -0.136. The summed E-state index contributed by atoms with van der Waals surface area (Å²) in [7, 11) is 0. The van der Waals surface area contributed by atoms with Gasteiger partial charge < -0.3 is 20.8 Å². The zero-order chi connectivity index (χ0) is 10.7. The Hall–Kier alpha value is -0.650. The zero-order valence-electron chi connectivity index (χ0n) is 8.39. The van der Waals surface area contributed by atoms with Crippen LogP contribution in [0.5, 0.6) is 0 Å². The van der Waals surface area contributed by atoms with Gasteiger partial charge in [0.05, 0.1) is 18.8 Å². The molecular weight excluding hydrogens is 184 g/mol. The first-order valence-electron chi connectivity index (χ1n) is 4.89. The van der Waals surface area contributed by atoms with Gasteiger partial charge in [-0.05, 0) is 13.3 Å². The van der Waals surface area contributed by atoms with Crippen LogP contribution in [0.25, 0.3) is 0 Å². The first-order valence-corrected chi connectivity index (χ1v) is 4.89. The molecule has 2 unspecified atom stereocenters. The van der Waals surface area contributed by atoms with Gasteiger partial charge in [-0.2, -0.15) is 0 Å². The van der Waals surface area contributed by atoms with E-state index in [-0.39, 0.29) is 18.4 Å². The van der Waals surface area contributed by atoms with Gasteiger partial charge in [-0.15, -0.1) is 0 Å². The summed E-state index contributed by atoms with van der Waals surface area (Å²) in [6.07, 6.45) is 0.0149. The molecule has 82 valence electrons. The van der Waals surface area contributed by atoms with Crippen molar-refractivity contribution in [3.05, 3.63) is 0 Å². The van der Waals surface area contributed by atoms with Gasteiger partial charge in [0, 0.05) is 19.0 Å². The third kappa shape index (κ3) is 2.43. The molecule has 0 aliphatic carbocycles. The average molecular weight is 202 g/mol. The fraction of sp³-hybridized carbons (Fsp3) is 0.889. The van der Waals surface area contributed by atoms with Crippen molar-refractivity contribution in [2.24, 2.45) is 11.7 Å². The molecule has 0 radical (unpaired) electrons. The van der Waals surface area contributed by atoms with Crippen molar-refractivity contribution in [2.45, 2.75) is 25.5 Å². The number of likely N-dealkylation sites (tertiary alicyclic amines) is 1. The van der Waals surface area contributed by atoms with E-state index in [1.54, 1.807) is 11.8 Å². The van der Waals surface area contributed by atoms with Crippen molar-refractivity contribution in [3.63, 3.8) is 0 Å². The molecule has 1 aliphatic heterocycles. The normalized spacial score (nSPS) is 30.1. The maximum Gasteiger partial charge on any atom is 0.239 e. The number of aliphatic hydroxyl groups excluding tert-OH is 2. The Bertz CT molecular complexity index is 208. The van der Waals surface area contributed by atoms with E-state index in [4.69, 9.17) is 10.8 Å². The van der Waals surface area contributed by atoms with Crippen molar-refractivity contribution >= 4 is 5.91 Å². The van der Waals surface area contributed by atoms with E-state index in [0.29, 0.717) is 19.5 Å². The molecule has 4 N–H and O–H groups in total. The Morgan fingerprint density at radius 2 is 2.36 bits per heavy atom. The standard InChI is InChI=1S/C9H18N2O3/c1-6(10)9(14)11-3-2-8(13)7(4-11)5-12/h6-8,12-13H,2-5,10H2,1H3/t6-,7?,8?/m0/s1. The minimum Gasteiger partial charge on any atom is -0.396 e. The second kappa shape index (κ2) is 4.72. The second-order valence-corrected chi connectivity index (χ2v) is 3.87. The number of nitrogens with zero attached hydrogens (tertiary/aromatic N) is 1. The Kier molecular flexibility index (Phi) is 3.86. The molecule has 3 atom stereocenters. The number of nitrogens with two attached hydrogens (primary N) is 1. The summed E-state index contributed by atoms with van der Waals surface area (Å²) >= 11 is 0. The van der Waals surface area contributed by atoms with E-state index in [1.165, 1.54) is 0 Å². The van der Waals surface area contributed by atoms with E-state index >= 15 is 0 Å². The number of hydrogen-bond donors (Lipinski definition) is 3. The fourth-order valence-corrected chi connectivity index (χ4v) is 1.69. The number of hydrogen-bond acceptors (Lipinski definition) is 4. The molecule has 0 aromatic carbocycles. The predicted octanol–water partition coefficient (Wildman–Crippen LogP) is -1.46. The Balaban J connectivity index is 2.54. The van der Waals surface area contributed by atoms with Crippen LogP contribution >= 0.6 is 0 Å². The maximum absolute atomic E-state index is 11.5. The van der Waals surface area contributed by atoms with Crippen molar-refractivity contribution in [1.29, 1.82) is 0 Å². The number of piperidine rings is 1. The highest BCUT2D eigenvalue weighted by molar-refractivity contribution is 5.81. The van der Waals surface area contributed by atoms with Crippen LogP contribution in [0, 0.1) is 5.92 Å². The number of carbonyl (C=O) groups excluding carboxylic acids is 1. The lowest BCUT2D eigenvalue weighted by atomic mass is 9.95. The van der Waals surface area contributed by atoms with Crippen LogP contribution in [0.2, 0.25) is 0 Å². The number of aliphatic hydroxyl groups is 2. The van der Waals surface area contributed by atoms with Crippen molar-refractivity contribution < 1.29 is 15.0 Å². The highest BCUT2D eigenvalue weighted by atomic mass is 16.3. The molecule has 5 heteroatoms. The SMILES string of the molecule is C[C@H](N)C(=O)N1CCC(O)C(CO)C1. The largest absolute Gasteiger partial charge is 0.396 e. The summed E-state index contributed by atoms with van der Waals surface area (Å²) in [5.74, 6) is -0.346. The monoisotopic (exact) mass is 202 g/mol. The van der Waals surface area contributed by atoms with Crippen LogP contribution in [0.15, 0.2) is 0 Å². The first-order chi connectivity index (χ1) is 6.56. The molecule has 1 heterocycles. The van der Waals surface area contributed by atoms with Crippen LogP contribution < -0.4 is 5.73 Å². The van der Waals surface area contributed by atoms with Crippen LogP contribution in [0.3, 0.4) is 0 Å². The van der Waals surface area contributed by atoms with Crippen molar-refractivity contribution in [3.8, 4) is 0 Å². The summed E-state index contributed by atoms with van der Waals surface area (Å²) in [4.78, 5) is 13.1. The van der Waals surface area contributed by atoms with E-state index in [1.807, 2.05) is 0 Å². The second-order valence-electron chi connectivity index (χ2n) is 3.87. The molecule has 1 amide bonds. The zero-order valence-corrected chi connectivity index (χ0v) is 8.39. The highest BCUT2D eigenvalue weighted by Gasteiger charge is 2.30. The highest BCUT2D eigenvalue weighted by Crippen LogP contribution is 2.17. The molecule has 1 aliphatic rings. The Morgan fingerprint density at radius 1 is 1.71 bits per heavy atom. The van der Waals surface area contributed by atoms with Gasteiger partial charge in [0.1, 0.15) is 0 Å². The molecular formula is C9H18N2O3. The number of rotatable bonds is 2. The molecule has 14 heavy (non-hydrogen) atoms. The van der Waals surface area contributed by atoms with Crippen molar-refractivity contribution in [2.75, 3.05) is 19.7 Å². The number of amides is 1. The topological polar surface area (TPSA) is 86.8 Å². The summed E-state index contributed by atoms with van der Waals surface area (Å²) in [6.45, 7) is 2.47. The summed E-state index contributed by atoms with van der Waals surface area (Å²) in [6, 6.07) is -0.510. The molecule has 1 saturated heterocycles.